The van der Waals surface area contributed by atoms with Gasteiger partial charge < -0.3 is 19.5 Å². The van der Waals surface area contributed by atoms with Crippen molar-refractivity contribution in [2.24, 2.45) is 0 Å². The molecule has 13 heteroatoms. The number of aromatic nitrogens is 2. The molecule has 1 aliphatic rings. The Labute approximate surface area is 200 Å². The Hall–Kier alpha value is -3.35. The second-order valence-electron chi connectivity index (χ2n) is 8.09. The number of rotatable bonds is 9. The molecule has 1 fully saturated rings. The van der Waals surface area contributed by atoms with Crippen LogP contribution in [0.2, 0.25) is 0 Å². The lowest BCUT2D eigenvalue weighted by Gasteiger charge is -2.16. The second kappa shape index (κ2) is 9.60. The Morgan fingerprint density at radius 1 is 1.06 bits per heavy atom. The number of fused-ring (bicyclic) bond motifs is 1. The van der Waals surface area contributed by atoms with E-state index in [9.17, 15) is 30.7 Å². The van der Waals surface area contributed by atoms with Crippen molar-refractivity contribution in [3.8, 4) is 11.5 Å². The molecule has 36 heavy (non-hydrogen) atoms. The van der Waals surface area contributed by atoms with E-state index in [0.717, 1.165) is 0 Å². The summed E-state index contributed by atoms with van der Waals surface area (Å²) in [6.07, 6.45) is -6.54. The topological polar surface area (TPSA) is 65.5 Å². The fraction of sp³-hybridized carbons (Fsp3) is 0.391. The molecule has 0 radical (unpaired) electrons. The summed E-state index contributed by atoms with van der Waals surface area (Å²) in [6, 6.07) is 3.75. The van der Waals surface area contributed by atoms with E-state index < -0.39 is 47.5 Å². The highest BCUT2D eigenvalue weighted by Gasteiger charge is 2.58. The van der Waals surface area contributed by atoms with Crippen LogP contribution in [0.5, 0.6) is 11.5 Å². The maximum Gasteiger partial charge on any atom is 0.419 e. The fourth-order valence-electron chi connectivity index (χ4n) is 3.53. The molecule has 2 aromatic carbocycles. The van der Waals surface area contributed by atoms with Crippen LogP contribution in [0.1, 0.15) is 23.4 Å². The van der Waals surface area contributed by atoms with E-state index in [-0.39, 0.29) is 48.8 Å². The van der Waals surface area contributed by atoms with E-state index in [1.165, 1.54) is 19.2 Å². The predicted molar refractivity (Wildman–Crippen MR) is 114 cm³/mol. The van der Waals surface area contributed by atoms with Gasteiger partial charge in [0.05, 0.1) is 24.8 Å². The van der Waals surface area contributed by atoms with Gasteiger partial charge in [-0.1, -0.05) is 0 Å². The number of ether oxygens (including phenoxy) is 3. The number of methoxy groups -OCH3 is 1. The number of benzene rings is 2. The Morgan fingerprint density at radius 3 is 2.42 bits per heavy atom. The average molecular weight is 519 g/mol. The molecule has 1 aromatic heterocycles. The first-order chi connectivity index (χ1) is 16.9. The molecule has 0 bridgehead atoms. The molecule has 0 saturated heterocycles. The van der Waals surface area contributed by atoms with Crippen LogP contribution in [0.15, 0.2) is 24.3 Å². The van der Waals surface area contributed by atoms with Crippen LogP contribution < -0.4 is 14.8 Å². The fourth-order valence-corrected chi connectivity index (χ4v) is 3.53. The summed E-state index contributed by atoms with van der Waals surface area (Å²) >= 11 is 0. The van der Waals surface area contributed by atoms with Gasteiger partial charge in [-0.25, -0.2) is 27.5 Å². The molecule has 1 atom stereocenters. The monoisotopic (exact) mass is 519 g/mol. The van der Waals surface area contributed by atoms with Crippen molar-refractivity contribution in [2.45, 2.75) is 38.1 Å². The van der Waals surface area contributed by atoms with Crippen LogP contribution >= 0.6 is 0 Å². The van der Waals surface area contributed by atoms with Gasteiger partial charge >= 0.3 is 6.18 Å². The van der Waals surface area contributed by atoms with Gasteiger partial charge in [0.15, 0.2) is 11.5 Å². The highest BCUT2D eigenvalue weighted by Crippen LogP contribution is 2.44. The van der Waals surface area contributed by atoms with Gasteiger partial charge in [0, 0.05) is 30.0 Å². The summed E-state index contributed by atoms with van der Waals surface area (Å²) < 4.78 is 109. The zero-order valence-electron chi connectivity index (χ0n) is 19.0. The van der Waals surface area contributed by atoms with Crippen molar-refractivity contribution < 1.29 is 44.9 Å². The lowest BCUT2D eigenvalue weighted by atomic mass is 10.1. The Kier molecular flexibility index (Phi) is 6.86. The molecule has 0 spiro atoms. The average Bonchev–Trinajstić information content (AvgIpc) is 3.41. The zero-order valence-corrected chi connectivity index (χ0v) is 19.0. The second-order valence-corrected chi connectivity index (χ2v) is 8.09. The minimum Gasteiger partial charge on any atom is -0.493 e. The van der Waals surface area contributed by atoms with Gasteiger partial charge in [-0.15, -0.1) is 0 Å². The quantitative estimate of drug-likeness (QED) is 0.291. The van der Waals surface area contributed by atoms with E-state index in [4.69, 9.17) is 14.2 Å². The standard InChI is InChI=1S/C23H20F7N3O3/c1-11-32-16-8-17(34-2)18(35-3-4-36-19-9-22(19,26)27)7-14(16)21(33-11)31-10-12-5-13(24)6-15(20(12)25)23(28,29)30/h5-8,19H,3-4,9-10H2,1-2H3,(H,31,32,33). The van der Waals surface area contributed by atoms with Crippen LogP contribution in [0.4, 0.5) is 36.6 Å². The van der Waals surface area contributed by atoms with Crippen LogP contribution in [0.25, 0.3) is 10.9 Å². The van der Waals surface area contributed by atoms with Crippen LogP contribution in [-0.2, 0) is 17.5 Å². The van der Waals surface area contributed by atoms with Gasteiger partial charge in [0.1, 0.15) is 36.0 Å². The number of halogens is 7. The first-order valence-corrected chi connectivity index (χ1v) is 10.7. The van der Waals surface area contributed by atoms with Crippen LogP contribution in [0, 0.1) is 18.6 Å². The van der Waals surface area contributed by atoms with Crippen molar-refractivity contribution in [1.29, 1.82) is 0 Å². The van der Waals surface area contributed by atoms with E-state index >= 15 is 0 Å². The maximum absolute atomic E-state index is 14.4. The highest BCUT2D eigenvalue weighted by molar-refractivity contribution is 5.91. The zero-order chi connectivity index (χ0) is 26.3. The molecule has 0 amide bonds. The molecular weight excluding hydrogens is 499 g/mol. The van der Waals surface area contributed by atoms with Gasteiger partial charge in [-0.3, -0.25) is 0 Å². The molecule has 4 rings (SSSR count). The van der Waals surface area contributed by atoms with Crippen molar-refractivity contribution in [3.63, 3.8) is 0 Å². The summed E-state index contributed by atoms with van der Waals surface area (Å²) in [5.74, 6) is -4.78. The third-order valence-electron chi connectivity index (χ3n) is 5.39. The molecule has 0 aliphatic heterocycles. The third-order valence-corrected chi connectivity index (χ3v) is 5.39. The predicted octanol–water partition coefficient (Wildman–Crippen LogP) is 5.66. The maximum atomic E-state index is 14.4. The van der Waals surface area contributed by atoms with Crippen molar-refractivity contribution >= 4 is 16.7 Å². The Morgan fingerprint density at radius 2 is 1.78 bits per heavy atom. The number of nitrogens with one attached hydrogen (secondary N) is 1. The lowest BCUT2D eigenvalue weighted by Crippen LogP contribution is -2.13. The molecule has 1 unspecified atom stereocenters. The summed E-state index contributed by atoms with van der Waals surface area (Å²) in [6.45, 7) is 0.886. The lowest BCUT2D eigenvalue weighted by molar-refractivity contribution is -0.140. The molecule has 1 N–H and O–H groups in total. The summed E-state index contributed by atoms with van der Waals surface area (Å²) in [7, 11) is 1.38. The molecular formula is C23H20F7N3O3. The summed E-state index contributed by atoms with van der Waals surface area (Å²) in [5.41, 5.74) is -1.89. The van der Waals surface area contributed by atoms with E-state index in [1.54, 1.807) is 6.92 Å². The summed E-state index contributed by atoms with van der Waals surface area (Å²) in [5, 5.41) is 3.07. The minimum atomic E-state index is -5.07. The van der Waals surface area contributed by atoms with Gasteiger partial charge in [0.25, 0.3) is 5.92 Å². The number of anilines is 1. The first-order valence-electron chi connectivity index (χ1n) is 10.7. The molecule has 1 saturated carbocycles. The smallest absolute Gasteiger partial charge is 0.419 e. The molecule has 1 heterocycles. The highest BCUT2D eigenvalue weighted by atomic mass is 19.4. The molecule has 1 aliphatic carbocycles. The number of hydrogen-bond donors (Lipinski definition) is 1. The minimum absolute atomic E-state index is 0.0708. The molecule has 3 aromatic rings. The summed E-state index contributed by atoms with van der Waals surface area (Å²) in [4.78, 5) is 8.50. The van der Waals surface area contributed by atoms with Gasteiger partial charge in [-0.05, 0) is 25.1 Å². The first kappa shape index (κ1) is 25.7. The largest absolute Gasteiger partial charge is 0.493 e. The molecule has 194 valence electrons. The number of alkyl halides is 5. The third kappa shape index (κ3) is 5.55. The van der Waals surface area contributed by atoms with Crippen molar-refractivity contribution in [1.82, 2.24) is 9.97 Å². The number of aryl methyl sites for hydroxylation is 1. The Bertz CT molecular complexity index is 1280. The van der Waals surface area contributed by atoms with Gasteiger partial charge in [-0.2, -0.15) is 13.2 Å². The van der Waals surface area contributed by atoms with Gasteiger partial charge in [0.2, 0.25) is 0 Å². The van der Waals surface area contributed by atoms with Crippen molar-refractivity contribution in [3.05, 3.63) is 52.9 Å². The number of hydrogen-bond acceptors (Lipinski definition) is 6. The van der Waals surface area contributed by atoms with Crippen molar-refractivity contribution in [2.75, 3.05) is 25.6 Å². The van der Waals surface area contributed by atoms with E-state index in [0.29, 0.717) is 17.0 Å². The Balaban J connectivity index is 1.57. The SMILES string of the molecule is COc1cc2nc(C)nc(NCc3cc(F)cc(C(F)(F)F)c3F)c2cc1OCCOC1CC1(F)F. The normalized spacial score (nSPS) is 16.8. The van der Waals surface area contributed by atoms with E-state index in [2.05, 4.69) is 15.3 Å². The molecule has 6 nitrogen and oxygen atoms in total. The number of nitrogens with zero attached hydrogens (tertiary/aromatic N) is 2. The van der Waals surface area contributed by atoms with Crippen LogP contribution in [-0.4, -0.2) is 42.3 Å². The van der Waals surface area contributed by atoms with Crippen LogP contribution in [0.3, 0.4) is 0 Å². The van der Waals surface area contributed by atoms with E-state index in [1.807, 2.05) is 0 Å².